The predicted octanol–water partition coefficient (Wildman–Crippen LogP) is 17.8. The van der Waals surface area contributed by atoms with Crippen LogP contribution in [0.3, 0.4) is 0 Å². The van der Waals surface area contributed by atoms with Gasteiger partial charge in [-0.3, -0.25) is 0 Å². The number of benzene rings is 8. The van der Waals surface area contributed by atoms with Crippen LogP contribution in [0.4, 0.5) is 51.2 Å². The van der Waals surface area contributed by atoms with Gasteiger partial charge in [0.1, 0.15) is 0 Å². The molecule has 2 aliphatic heterocycles. The summed E-state index contributed by atoms with van der Waals surface area (Å²) >= 11 is 1.95. The van der Waals surface area contributed by atoms with E-state index in [0.717, 1.165) is 23.5 Å². The van der Waals surface area contributed by atoms with Crippen molar-refractivity contribution in [3.63, 3.8) is 0 Å². The van der Waals surface area contributed by atoms with Crippen molar-refractivity contribution in [1.29, 1.82) is 0 Å². The average Bonchev–Trinajstić information content (AvgIpc) is 3.83. The normalized spacial score (nSPS) is 17.4. The van der Waals surface area contributed by atoms with Crippen LogP contribution in [0.5, 0.6) is 0 Å². The maximum atomic E-state index is 2.73. The number of aryl methyl sites for hydroxylation is 2. The molecule has 0 saturated carbocycles. The molecule has 2 aliphatic carbocycles. The first-order valence-electron chi connectivity index (χ1n) is 27.2. The summed E-state index contributed by atoms with van der Waals surface area (Å²) in [5.41, 5.74) is 25.2. The summed E-state index contributed by atoms with van der Waals surface area (Å²) in [4.78, 5) is 7.86. The quantitative estimate of drug-likeness (QED) is 0.159. The number of hydrogen-bond donors (Lipinski definition) is 0. The van der Waals surface area contributed by atoms with Gasteiger partial charge in [0.15, 0.2) is 0 Å². The second kappa shape index (κ2) is 16.0. The molecule has 0 N–H and O–H groups in total. The van der Waals surface area contributed by atoms with E-state index in [2.05, 4.69) is 256 Å². The SMILES string of the molecule is Cc1cc2c3c(c1)N(c1ccc(C(C)(C)C)c4sc5ccccc5c14)c1cc(N(c4ccccc4)c4ccccc4)ccc1B3c1cc3c(cc1N2c1cc2c(cc1C)C(C)(C)CCC2(C)C)C(C)(C)CC3(C)C. The van der Waals surface area contributed by atoms with Gasteiger partial charge in [-0.05, 0) is 188 Å². The maximum absolute atomic E-state index is 2.73. The van der Waals surface area contributed by atoms with E-state index in [1.165, 1.54) is 122 Å². The minimum absolute atomic E-state index is 0.0178. The Morgan fingerprint density at radius 2 is 1.03 bits per heavy atom. The molecule has 0 spiro atoms. The number of fused-ring (bicyclic) bond motifs is 9. The van der Waals surface area contributed by atoms with Gasteiger partial charge in [0.2, 0.25) is 0 Å². The molecule has 4 aliphatic rings. The molecule has 0 atom stereocenters. The van der Waals surface area contributed by atoms with Crippen LogP contribution in [0.2, 0.25) is 0 Å². The molecule has 1 aromatic heterocycles. The van der Waals surface area contributed by atoms with Crippen molar-refractivity contribution in [3.05, 3.63) is 191 Å². The second-order valence-electron chi connectivity index (χ2n) is 26.1. The predicted molar refractivity (Wildman–Crippen MR) is 322 cm³/mol. The van der Waals surface area contributed by atoms with Crippen LogP contribution in [-0.2, 0) is 27.1 Å². The zero-order valence-electron chi connectivity index (χ0n) is 45.9. The molecule has 5 heteroatoms. The fourth-order valence-corrected chi connectivity index (χ4v) is 15.8. The van der Waals surface area contributed by atoms with E-state index in [0.29, 0.717) is 0 Å². The standard InChI is InChI=1S/C69H70BN3S/c1-42-34-59-63-60(35-42)73(56-39-51-49(36-43(56)2)66(6,7)32-33-67(51,8)9)58-40-52-50(68(10,11)41-69(52,12)13)38-54(58)70(63)53-30-28-46(71(44-22-16-14-17-23-44)45-24-18-15-19-25-45)37-57(53)72(59)55-31-29-48(65(3,4)5)64-62(55)47-26-20-21-27-61(47)74-64/h14-31,34-40H,32-33,41H2,1-13H3. The van der Waals surface area contributed by atoms with Crippen molar-refractivity contribution in [2.24, 2.45) is 0 Å². The van der Waals surface area contributed by atoms with Crippen LogP contribution in [0.15, 0.2) is 152 Å². The van der Waals surface area contributed by atoms with Gasteiger partial charge in [-0.2, -0.15) is 0 Å². The third kappa shape index (κ3) is 6.97. The maximum Gasteiger partial charge on any atom is 0.252 e. The van der Waals surface area contributed by atoms with Crippen molar-refractivity contribution in [2.45, 2.75) is 136 Å². The molecule has 0 bridgehead atoms. The topological polar surface area (TPSA) is 9.72 Å². The van der Waals surface area contributed by atoms with E-state index in [4.69, 9.17) is 0 Å². The molecule has 0 radical (unpaired) electrons. The zero-order valence-corrected chi connectivity index (χ0v) is 46.7. The molecular formula is C69H70BN3S. The molecule has 0 fully saturated rings. The summed E-state index contributed by atoms with van der Waals surface area (Å²) in [6.45, 7) is 31.6. The van der Waals surface area contributed by atoms with Crippen LogP contribution < -0.4 is 31.1 Å². The van der Waals surface area contributed by atoms with Gasteiger partial charge in [-0.1, -0.05) is 155 Å². The summed E-state index contributed by atoms with van der Waals surface area (Å²) in [7, 11) is 0. The monoisotopic (exact) mass is 984 g/mol. The molecule has 0 amide bonds. The van der Waals surface area contributed by atoms with Gasteiger partial charge in [0.05, 0.1) is 5.69 Å². The molecule has 8 aromatic carbocycles. The highest BCUT2D eigenvalue weighted by molar-refractivity contribution is 7.26. The number of hydrogen-bond acceptors (Lipinski definition) is 4. The minimum atomic E-state index is -0.0482. The molecule has 0 unspecified atom stereocenters. The minimum Gasteiger partial charge on any atom is -0.311 e. The third-order valence-corrected chi connectivity index (χ3v) is 19.1. The fraction of sp³-hybridized carbons (Fsp3) is 0.304. The molecule has 9 aromatic rings. The van der Waals surface area contributed by atoms with Gasteiger partial charge in [0, 0.05) is 65.7 Å². The van der Waals surface area contributed by atoms with E-state index >= 15 is 0 Å². The molecule has 3 nitrogen and oxygen atoms in total. The first-order valence-corrected chi connectivity index (χ1v) is 28.0. The van der Waals surface area contributed by atoms with Crippen LogP contribution in [0, 0.1) is 13.8 Å². The Kier molecular flexibility index (Phi) is 10.2. The number of anilines is 9. The lowest BCUT2D eigenvalue weighted by Crippen LogP contribution is -2.61. The van der Waals surface area contributed by atoms with Crippen molar-refractivity contribution in [3.8, 4) is 0 Å². The van der Waals surface area contributed by atoms with Gasteiger partial charge in [-0.15, -0.1) is 11.3 Å². The number of para-hydroxylation sites is 2. The molecule has 13 rings (SSSR count). The number of rotatable bonds is 5. The lowest BCUT2D eigenvalue weighted by atomic mass is 9.33. The van der Waals surface area contributed by atoms with Crippen LogP contribution >= 0.6 is 11.3 Å². The summed E-state index contributed by atoms with van der Waals surface area (Å²) in [6, 6.07) is 58.8. The Bertz CT molecular complexity index is 3750. The lowest BCUT2D eigenvalue weighted by molar-refractivity contribution is 0.332. The lowest BCUT2D eigenvalue weighted by Gasteiger charge is -2.47. The van der Waals surface area contributed by atoms with Gasteiger partial charge in [-0.25, -0.2) is 0 Å². The van der Waals surface area contributed by atoms with Gasteiger partial charge in [0.25, 0.3) is 6.71 Å². The summed E-state index contributed by atoms with van der Waals surface area (Å²) in [6.07, 6.45) is 3.47. The summed E-state index contributed by atoms with van der Waals surface area (Å²) in [5.74, 6) is 0. The van der Waals surface area contributed by atoms with Crippen LogP contribution in [0.25, 0.3) is 20.2 Å². The fourth-order valence-electron chi connectivity index (χ4n) is 14.4. The van der Waals surface area contributed by atoms with Crippen LogP contribution in [-0.4, -0.2) is 6.71 Å². The Labute approximate surface area is 445 Å². The first kappa shape index (κ1) is 47.2. The number of nitrogens with zero attached hydrogens (tertiary/aromatic N) is 3. The van der Waals surface area contributed by atoms with E-state index in [1.54, 1.807) is 0 Å². The highest BCUT2D eigenvalue weighted by atomic mass is 32.1. The smallest absolute Gasteiger partial charge is 0.252 e. The van der Waals surface area contributed by atoms with E-state index in [1.807, 2.05) is 11.3 Å². The summed E-state index contributed by atoms with van der Waals surface area (Å²) < 4.78 is 2.69. The Morgan fingerprint density at radius 3 is 1.66 bits per heavy atom. The Hall–Kier alpha value is -6.56. The molecule has 74 heavy (non-hydrogen) atoms. The van der Waals surface area contributed by atoms with Gasteiger partial charge < -0.3 is 14.7 Å². The summed E-state index contributed by atoms with van der Waals surface area (Å²) in [5, 5.41) is 2.64. The average molecular weight is 984 g/mol. The van der Waals surface area contributed by atoms with Crippen molar-refractivity contribution in [1.82, 2.24) is 0 Å². The first-order chi connectivity index (χ1) is 35.1. The number of thiophene rings is 1. The molecule has 3 heterocycles. The highest BCUT2D eigenvalue weighted by Gasteiger charge is 2.49. The van der Waals surface area contributed by atoms with Gasteiger partial charge >= 0.3 is 0 Å². The molecular weight excluding hydrogens is 914 g/mol. The van der Waals surface area contributed by atoms with Crippen LogP contribution in [0.1, 0.15) is 134 Å². The van der Waals surface area contributed by atoms with E-state index < -0.39 is 0 Å². The van der Waals surface area contributed by atoms with E-state index in [9.17, 15) is 0 Å². The third-order valence-electron chi connectivity index (χ3n) is 17.9. The zero-order chi connectivity index (χ0) is 51.6. The van der Waals surface area contributed by atoms with Crippen molar-refractivity contribution >= 4 is 106 Å². The largest absolute Gasteiger partial charge is 0.311 e. The molecule has 370 valence electrons. The Balaban J connectivity index is 1.17. The van der Waals surface area contributed by atoms with Crippen molar-refractivity contribution in [2.75, 3.05) is 14.7 Å². The Morgan fingerprint density at radius 1 is 0.486 bits per heavy atom. The second-order valence-corrected chi connectivity index (χ2v) is 27.2. The van der Waals surface area contributed by atoms with Crippen molar-refractivity contribution < 1.29 is 0 Å². The highest BCUT2D eigenvalue weighted by Crippen LogP contribution is 2.56. The molecule has 0 saturated heterocycles. The van der Waals surface area contributed by atoms with E-state index in [-0.39, 0.29) is 33.8 Å².